The van der Waals surface area contributed by atoms with E-state index in [0.29, 0.717) is 6.04 Å². The molecule has 1 aliphatic rings. The summed E-state index contributed by atoms with van der Waals surface area (Å²) in [7, 11) is 0. The summed E-state index contributed by atoms with van der Waals surface area (Å²) in [6, 6.07) is 8.12. The zero-order valence-corrected chi connectivity index (χ0v) is 11.2. The van der Waals surface area contributed by atoms with Gasteiger partial charge in [-0.1, -0.05) is 19.8 Å². The second kappa shape index (κ2) is 4.99. The van der Waals surface area contributed by atoms with E-state index in [1.54, 1.807) is 0 Å². The lowest BCUT2D eigenvalue weighted by molar-refractivity contribution is 0.388. The first-order valence-electron chi connectivity index (χ1n) is 6.91. The van der Waals surface area contributed by atoms with Gasteiger partial charge in [-0.2, -0.15) is 0 Å². The summed E-state index contributed by atoms with van der Waals surface area (Å²) in [6.07, 6.45) is 4.96. The highest BCUT2D eigenvalue weighted by molar-refractivity contribution is 5.58. The van der Waals surface area contributed by atoms with Crippen molar-refractivity contribution in [3.63, 3.8) is 0 Å². The third-order valence-electron chi connectivity index (χ3n) is 3.78. The van der Waals surface area contributed by atoms with E-state index in [9.17, 15) is 0 Å². The fourth-order valence-corrected chi connectivity index (χ4v) is 2.44. The van der Waals surface area contributed by atoms with Crippen LogP contribution in [0.25, 0.3) is 11.4 Å². The average Bonchev–Trinajstić information content (AvgIpc) is 3.12. The normalized spacial score (nSPS) is 16.5. The van der Waals surface area contributed by atoms with E-state index < -0.39 is 0 Å². The second-order valence-corrected chi connectivity index (χ2v) is 5.31. The molecule has 0 saturated heterocycles. The Bertz CT molecular complexity index is 541. The van der Waals surface area contributed by atoms with Crippen LogP contribution in [0.5, 0.6) is 0 Å². The van der Waals surface area contributed by atoms with Gasteiger partial charge in [-0.3, -0.25) is 0 Å². The third-order valence-corrected chi connectivity index (χ3v) is 3.78. The Labute approximate surface area is 112 Å². The summed E-state index contributed by atoms with van der Waals surface area (Å²) in [5.41, 5.74) is 7.50. The lowest BCUT2D eigenvalue weighted by Crippen LogP contribution is -2.12. The topological polar surface area (TPSA) is 69.6 Å². The van der Waals surface area contributed by atoms with E-state index in [4.69, 9.17) is 5.73 Å². The van der Waals surface area contributed by atoms with Crippen LogP contribution in [0.2, 0.25) is 0 Å². The minimum Gasteiger partial charge on any atom is -0.399 e. The number of nitrogens with two attached hydrogens (primary N) is 1. The molecule has 1 atom stereocenters. The number of hydrogen-bond acceptors (Lipinski definition) is 4. The van der Waals surface area contributed by atoms with Crippen LogP contribution >= 0.6 is 0 Å². The van der Waals surface area contributed by atoms with Crippen molar-refractivity contribution < 1.29 is 0 Å². The number of anilines is 1. The molecule has 1 aromatic heterocycles. The maximum atomic E-state index is 5.72. The maximum absolute atomic E-state index is 5.72. The zero-order chi connectivity index (χ0) is 13.2. The summed E-state index contributed by atoms with van der Waals surface area (Å²) in [5.74, 6) is 1.71. The molecule has 5 heteroatoms. The molecule has 2 N–H and O–H groups in total. The monoisotopic (exact) mass is 257 g/mol. The molecule has 1 fully saturated rings. The molecule has 1 aliphatic carbocycles. The highest BCUT2D eigenvalue weighted by atomic mass is 15.5. The van der Waals surface area contributed by atoms with E-state index >= 15 is 0 Å². The lowest BCUT2D eigenvalue weighted by Gasteiger charge is -2.16. The molecule has 0 amide bonds. The van der Waals surface area contributed by atoms with Crippen LogP contribution in [0.4, 0.5) is 5.69 Å². The molecule has 0 radical (unpaired) electrons. The quantitative estimate of drug-likeness (QED) is 0.836. The molecule has 100 valence electrons. The SMILES string of the molecule is CCC(CC1CC1)n1nnnc1-c1ccc(N)cc1. The fraction of sp³-hybridized carbons (Fsp3) is 0.500. The van der Waals surface area contributed by atoms with E-state index in [-0.39, 0.29) is 0 Å². The molecule has 5 nitrogen and oxygen atoms in total. The van der Waals surface area contributed by atoms with Crippen molar-refractivity contribution in [2.24, 2.45) is 5.92 Å². The Kier molecular flexibility index (Phi) is 3.19. The largest absolute Gasteiger partial charge is 0.399 e. The molecule has 1 heterocycles. The standard InChI is InChI=1S/C14H19N5/c1-2-13(9-10-3-4-10)19-14(16-17-18-19)11-5-7-12(15)8-6-11/h5-8,10,13H,2-4,9,15H2,1H3. The van der Waals surface area contributed by atoms with Crippen LogP contribution in [0.1, 0.15) is 38.6 Å². The molecule has 1 unspecified atom stereocenters. The summed E-state index contributed by atoms with van der Waals surface area (Å²) >= 11 is 0. The number of rotatable bonds is 5. The predicted molar refractivity (Wildman–Crippen MR) is 74.3 cm³/mol. The van der Waals surface area contributed by atoms with E-state index in [1.807, 2.05) is 28.9 Å². The van der Waals surface area contributed by atoms with Crippen molar-refractivity contribution in [2.75, 3.05) is 5.73 Å². The highest BCUT2D eigenvalue weighted by Gasteiger charge is 2.27. The predicted octanol–water partition coefficient (Wildman–Crippen LogP) is 2.67. The number of nitrogens with zero attached hydrogens (tertiary/aromatic N) is 4. The summed E-state index contributed by atoms with van der Waals surface area (Å²) < 4.78 is 1.98. The lowest BCUT2D eigenvalue weighted by atomic mass is 10.1. The van der Waals surface area contributed by atoms with Gasteiger partial charge in [0.25, 0.3) is 0 Å². The van der Waals surface area contributed by atoms with Gasteiger partial charge in [0, 0.05) is 11.3 Å². The van der Waals surface area contributed by atoms with Gasteiger partial charge in [0.1, 0.15) is 0 Å². The first kappa shape index (κ1) is 12.1. The van der Waals surface area contributed by atoms with Gasteiger partial charge in [0.15, 0.2) is 5.82 Å². The maximum Gasteiger partial charge on any atom is 0.182 e. The minimum absolute atomic E-state index is 0.398. The number of nitrogen functional groups attached to an aromatic ring is 1. The fourth-order valence-electron chi connectivity index (χ4n) is 2.44. The Hall–Kier alpha value is -1.91. The van der Waals surface area contributed by atoms with Gasteiger partial charge >= 0.3 is 0 Å². The molecular formula is C14H19N5. The summed E-state index contributed by atoms with van der Waals surface area (Å²) in [4.78, 5) is 0. The van der Waals surface area contributed by atoms with Crippen molar-refractivity contribution in [3.8, 4) is 11.4 Å². The molecule has 1 saturated carbocycles. The van der Waals surface area contributed by atoms with Gasteiger partial charge in [0.05, 0.1) is 6.04 Å². The molecule has 2 aromatic rings. The van der Waals surface area contributed by atoms with E-state index in [1.165, 1.54) is 19.3 Å². The van der Waals surface area contributed by atoms with Gasteiger partial charge < -0.3 is 5.73 Å². The molecule has 0 aliphatic heterocycles. The Morgan fingerprint density at radius 2 is 2.05 bits per heavy atom. The van der Waals surface area contributed by atoms with Crippen LogP contribution in [-0.4, -0.2) is 20.2 Å². The van der Waals surface area contributed by atoms with Crippen LogP contribution in [0.3, 0.4) is 0 Å². The smallest absolute Gasteiger partial charge is 0.182 e. The molecule has 0 bridgehead atoms. The number of aromatic nitrogens is 4. The molecule has 19 heavy (non-hydrogen) atoms. The van der Waals surface area contributed by atoms with Crippen molar-refractivity contribution >= 4 is 5.69 Å². The number of tetrazole rings is 1. The number of benzene rings is 1. The second-order valence-electron chi connectivity index (χ2n) is 5.31. The zero-order valence-electron chi connectivity index (χ0n) is 11.2. The Balaban J connectivity index is 1.89. The van der Waals surface area contributed by atoms with Gasteiger partial charge in [-0.15, -0.1) is 5.10 Å². The first-order chi connectivity index (χ1) is 9.28. The van der Waals surface area contributed by atoms with Crippen LogP contribution in [0, 0.1) is 5.92 Å². The minimum atomic E-state index is 0.398. The van der Waals surface area contributed by atoms with E-state index in [0.717, 1.165) is 29.4 Å². The van der Waals surface area contributed by atoms with Crippen LogP contribution < -0.4 is 5.73 Å². The van der Waals surface area contributed by atoms with Crippen LogP contribution in [0.15, 0.2) is 24.3 Å². The van der Waals surface area contributed by atoms with Crippen LogP contribution in [-0.2, 0) is 0 Å². The van der Waals surface area contributed by atoms with Gasteiger partial charge in [-0.05, 0) is 53.5 Å². The molecular weight excluding hydrogens is 238 g/mol. The van der Waals surface area contributed by atoms with Crippen molar-refractivity contribution in [3.05, 3.63) is 24.3 Å². The van der Waals surface area contributed by atoms with Gasteiger partial charge in [-0.25, -0.2) is 4.68 Å². The molecule has 0 spiro atoms. The number of hydrogen-bond donors (Lipinski definition) is 1. The van der Waals surface area contributed by atoms with Gasteiger partial charge in [0.2, 0.25) is 0 Å². The molecule has 1 aromatic carbocycles. The van der Waals surface area contributed by atoms with Crippen molar-refractivity contribution in [2.45, 2.75) is 38.6 Å². The third kappa shape index (κ3) is 2.59. The summed E-state index contributed by atoms with van der Waals surface area (Å²) in [6.45, 7) is 2.20. The Morgan fingerprint density at radius 1 is 1.32 bits per heavy atom. The van der Waals surface area contributed by atoms with E-state index in [2.05, 4.69) is 22.4 Å². The Morgan fingerprint density at radius 3 is 2.68 bits per heavy atom. The average molecular weight is 257 g/mol. The summed E-state index contributed by atoms with van der Waals surface area (Å²) in [5, 5.41) is 12.2. The van der Waals surface area contributed by atoms with Crippen molar-refractivity contribution in [1.82, 2.24) is 20.2 Å². The highest BCUT2D eigenvalue weighted by Crippen LogP contribution is 2.38. The first-order valence-corrected chi connectivity index (χ1v) is 6.91. The van der Waals surface area contributed by atoms with Crippen molar-refractivity contribution in [1.29, 1.82) is 0 Å². The molecule has 3 rings (SSSR count).